The summed E-state index contributed by atoms with van der Waals surface area (Å²) >= 11 is 5.63. The lowest BCUT2D eigenvalue weighted by molar-refractivity contribution is 0.104. The van der Waals surface area contributed by atoms with Crippen molar-refractivity contribution in [1.29, 1.82) is 0 Å². The number of allylic oxidation sites excluding steroid dienone is 1. The summed E-state index contributed by atoms with van der Waals surface area (Å²) in [5, 5.41) is 9.65. The second kappa shape index (κ2) is 7.18. The molecule has 0 spiro atoms. The monoisotopic (exact) mass is 322 g/mol. The molecule has 0 aliphatic heterocycles. The average Bonchev–Trinajstić information content (AvgIpc) is 2.50. The molecule has 0 aliphatic carbocycles. The van der Waals surface area contributed by atoms with Gasteiger partial charge in [0.15, 0.2) is 17.4 Å². The largest absolute Gasteiger partial charge is 0.508 e. The van der Waals surface area contributed by atoms with E-state index < -0.39 is 11.6 Å². The van der Waals surface area contributed by atoms with Gasteiger partial charge in [-0.1, -0.05) is 12.1 Å². The summed E-state index contributed by atoms with van der Waals surface area (Å²) < 4.78 is 25.9. The Kier molecular flexibility index (Phi) is 5.28. The van der Waals surface area contributed by atoms with Crippen molar-refractivity contribution in [2.45, 2.75) is 6.42 Å². The Morgan fingerprint density at radius 1 is 1.14 bits per heavy atom. The first-order chi connectivity index (χ1) is 10.5. The fourth-order valence-corrected chi connectivity index (χ4v) is 2.13. The molecule has 0 aliphatic rings. The van der Waals surface area contributed by atoms with Gasteiger partial charge in [0.25, 0.3) is 0 Å². The molecule has 114 valence electrons. The number of phenolic OH excluding ortho intramolecular Hbond substituents is 1. The van der Waals surface area contributed by atoms with Crippen LogP contribution in [-0.2, 0) is 6.42 Å². The van der Waals surface area contributed by atoms with Crippen molar-refractivity contribution in [3.8, 4) is 5.75 Å². The van der Waals surface area contributed by atoms with Crippen molar-refractivity contribution < 1.29 is 18.7 Å². The number of benzene rings is 2. The molecular weight excluding hydrogens is 310 g/mol. The number of hydrogen-bond acceptors (Lipinski definition) is 2. The van der Waals surface area contributed by atoms with E-state index in [1.54, 1.807) is 6.07 Å². The SMILES string of the molecule is O=C(C=Cc1ccc(F)c(F)c1)c1ccc(O)c(CCCl)c1. The highest BCUT2D eigenvalue weighted by Crippen LogP contribution is 2.20. The minimum absolute atomic E-state index is 0.0850. The van der Waals surface area contributed by atoms with Gasteiger partial charge in [0.2, 0.25) is 0 Å². The summed E-state index contributed by atoms with van der Waals surface area (Å²) in [5.41, 5.74) is 1.35. The number of alkyl halides is 1. The van der Waals surface area contributed by atoms with Gasteiger partial charge in [0.05, 0.1) is 0 Å². The Hall–Kier alpha value is -2.20. The molecule has 0 fully saturated rings. The molecule has 0 unspecified atom stereocenters. The third-order valence-electron chi connectivity index (χ3n) is 3.10. The zero-order chi connectivity index (χ0) is 16.1. The van der Waals surface area contributed by atoms with Gasteiger partial charge >= 0.3 is 0 Å². The van der Waals surface area contributed by atoms with E-state index in [1.807, 2.05) is 0 Å². The molecule has 1 N–H and O–H groups in total. The molecule has 0 saturated carbocycles. The molecule has 0 bridgehead atoms. The molecule has 5 heteroatoms. The Balaban J connectivity index is 2.19. The number of halogens is 3. The fourth-order valence-electron chi connectivity index (χ4n) is 1.93. The van der Waals surface area contributed by atoms with Crippen molar-refractivity contribution in [1.82, 2.24) is 0 Å². The third kappa shape index (κ3) is 3.92. The molecule has 0 saturated heterocycles. The standard InChI is InChI=1S/C17H13ClF2O2/c18-8-7-13-10-12(3-6-17(13)22)16(21)5-2-11-1-4-14(19)15(20)9-11/h1-6,9-10,22H,7-8H2. The maximum absolute atomic E-state index is 13.1. The Bertz CT molecular complexity index is 727. The van der Waals surface area contributed by atoms with E-state index in [1.165, 1.54) is 30.4 Å². The van der Waals surface area contributed by atoms with Crippen LogP contribution in [-0.4, -0.2) is 16.8 Å². The molecule has 0 aromatic heterocycles. The van der Waals surface area contributed by atoms with E-state index in [0.29, 0.717) is 29.0 Å². The summed E-state index contributed by atoms with van der Waals surface area (Å²) in [6.07, 6.45) is 3.11. The van der Waals surface area contributed by atoms with Crippen LogP contribution in [0.2, 0.25) is 0 Å². The molecule has 2 aromatic carbocycles. The minimum atomic E-state index is -0.969. The van der Waals surface area contributed by atoms with Crippen LogP contribution >= 0.6 is 11.6 Å². The first-order valence-electron chi connectivity index (χ1n) is 6.56. The number of rotatable bonds is 5. The fraction of sp³-hybridized carbons (Fsp3) is 0.118. The molecule has 2 rings (SSSR count). The summed E-state index contributed by atoms with van der Waals surface area (Å²) in [6.45, 7) is 0. The van der Waals surface area contributed by atoms with Crippen LogP contribution < -0.4 is 0 Å². The van der Waals surface area contributed by atoms with Crippen molar-refractivity contribution >= 4 is 23.5 Å². The number of carbonyl (C=O) groups is 1. The van der Waals surface area contributed by atoms with Gasteiger partial charge < -0.3 is 5.11 Å². The van der Waals surface area contributed by atoms with Crippen LogP contribution in [0, 0.1) is 11.6 Å². The highest BCUT2D eigenvalue weighted by molar-refractivity contribution is 6.18. The molecule has 0 amide bonds. The van der Waals surface area contributed by atoms with Gasteiger partial charge in [-0.05, 0) is 54.0 Å². The number of hydrogen-bond donors (Lipinski definition) is 1. The molecule has 2 nitrogen and oxygen atoms in total. The predicted octanol–water partition coefficient (Wildman–Crippen LogP) is 4.35. The van der Waals surface area contributed by atoms with E-state index in [-0.39, 0.29) is 11.5 Å². The summed E-state index contributed by atoms with van der Waals surface area (Å²) in [4.78, 5) is 12.1. The van der Waals surface area contributed by atoms with Gasteiger partial charge in [-0.15, -0.1) is 11.6 Å². The highest BCUT2D eigenvalue weighted by atomic mass is 35.5. The molecule has 22 heavy (non-hydrogen) atoms. The predicted molar refractivity (Wildman–Crippen MR) is 82.3 cm³/mol. The van der Waals surface area contributed by atoms with Gasteiger partial charge in [0, 0.05) is 11.4 Å². The molecule has 0 atom stereocenters. The highest BCUT2D eigenvalue weighted by Gasteiger charge is 2.07. The van der Waals surface area contributed by atoms with E-state index >= 15 is 0 Å². The van der Waals surface area contributed by atoms with Crippen molar-refractivity contribution in [3.05, 3.63) is 70.8 Å². The summed E-state index contributed by atoms with van der Waals surface area (Å²) in [7, 11) is 0. The first kappa shape index (κ1) is 16.2. The quantitative estimate of drug-likeness (QED) is 0.505. The van der Waals surface area contributed by atoms with Gasteiger partial charge in [0.1, 0.15) is 5.75 Å². The van der Waals surface area contributed by atoms with Crippen LogP contribution in [0.15, 0.2) is 42.5 Å². The number of ketones is 1. The molecular formula is C17H13ClF2O2. The average molecular weight is 323 g/mol. The van der Waals surface area contributed by atoms with E-state index in [0.717, 1.165) is 12.1 Å². The van der Waals surface area contributed by atoms with Crippen LogP contribution in [0.25, 0.3) is 6.08 Å². The van der Waals surface area contributed by atoms with Crippen molar-refractivity contribution in [2.75, 3.05) is 5.88 Å². The third-order valence-corrected chi connectivity index (χ3v) is 3.29. The van der Waals surface area contributed by atoms with E-state index in [4.69, 9.17) is 11.6 Å². The number of phenols is 1. The molecule has 0 heterocycles. The molecule has 2 aromatic rings. The Labute approximate surface area is 131 Å². The number of aromatic hydroxyl groups is 1. The molecule has 0 radical (unpaired) electrons. The van der Waals surface area contributed by atoms with Crippen LogP contribution in [0.5, 0.6) is 5.75 Å². The Morgan fingerprint density at radius 3 is 2.59 bits per heavy atom. The lowest BCUT2D eigenvalue weighted by Gasteiger charge is -2.04. The topological polar surface area (TPSA) is 37.3 Å². The van der Waals surface area contributed by atoms with Crippen LogP contribution in [0.4, 0.5) is 8.78 Å². The maximum atomic E-state index is 13.1. The van der Waals surface area contributed by atoms with Gasteiger partial charge in [-0.2, -0.15) is 0 Å². The van der Waals surface area contributed by atoms with Gasteiger partial charge in [-0.3, -0.25) is 4.79 Å². The van der Waals surface area contributed by atoms with E-state index in [9.17, 15) is 18.7 Å². The summed E-state index contributed by atoms with van der Waals surface area (Å²) in [6, 6.07) is 7.87. The van der Waals surface area contributed by atoms with Crippen LogP contribution in [0.3, 0.4) is 0 Å². The smallest absolute Gasteiger partial charge is 0.185 e. The zero-order valence-corrected chi connectivity index (χ0v) is 12.3. The summed E-state index contributed by atoms with van der Waals surface area (Å²) in [5.74, 6) is -1.80. The first-order valence-corrected chi connectivity index (χ1v) is 7.10. The lowest BCUT2D eigenvalue weighted by atomic mass is 10.0. The lowest BCUT2D eigenvalue weighted by Crippen LogP contribution is -1.97. The van der Waals surface area contributed by atoms with Gasteiger partial charge in [-0.25, -0.2) is 8.78 Å². The minimum Gasteiger partial charge on any atom is -0.508 e. The van der Waals surface area contributed by atoms with E-state index in [2.05, 4.69) is 0 Å². The number of carbonyl (C=O) groups excluding carboxylic acids is 1. The Morgan fingerprint density at radius 2 is 1.91 bits per heavy atom. The van der Waals surface area contributed by atoms with Crippen molar-refractivity contribution in [2.24, 2.45) is 0 Å². The van der Waals surface area contributed by atoms with Crippen molar-refractivity contribution in [3.63, 3.8) is 0 Å². The second-order valence-corrected chi connectivity index (χ2v) is 5.03. The maximum Gasteiger partial charge on any atom is 0.185 e. The second-order valence-electron chi connectivity index (χ2n) is 4.65. The zero-order valence-electron chi connectivity index (χ0n) is 11.5. The number of aryl methyl sites for hydroxylation is 1. The van der Waals surface area contributed by atoms with Crippen LogP contribution in [0.1, 0.15) is 21.5 Å². The normalized spacial score (nSPS) is 11.0.